The highest BCUT2D eigenvalue weighted by Gasteiger charge is 2.23. The zero-order chi connectivity index (χ0) is 16.7. The van der Waals surface area contributed by atoms with Gasteiger partial charge >= 0.3 is 0 Å². The lowest BCUT2D eigenvalue weighted by Gasteiger charge is -2.36. The van der Waals surface area contributed by atoms with E-state index >= 15 is 0 Å². The highest BCUT2D eigenvalue weighted by atomic mass is 19.1. The molecule has 0 saturated carbocycles. The van der Waals surface area contributed by atoms with Crippen molar-refractivity contribution in [3.63, 3.8) is 0 Å². The topological polar surface area (TPSA) is 63.0 Å². The number of piperazine rings is 1. The molecule has 0 spiro atoms. The van der Waals surface area contributed by atoms with Gasteiger partial charge in [0.2, 0.25) is 5.95 Å². The van der Waals surface area contributed by atoms with Crippen LogP contribution in [0.2, 0.25) is 0 Å². The summed E-state index contributed by atoms with van der Waals surface area (Å²) in [6.45, 7) is 5.14. The molecule has 0 aliphatic carbocycles. The van der Waals surface area contributed by atoms with Gasteiger partial charge in [-0.2, -0.15) is 0 Å². The zero-order valence-corrected chi connectivity index (χ0v) is 13.6. The van der Waals surface area contributed by atoms with Crippen molar-refractivity contribution in [3.05, 3.63) is 36.2 Å². The van der Waals surface area contributed by atoms with Gasteiger partial charge in [-0.1, -0.05) is 6.07 Å². The average molecular weight is 327 g/mol. The maximum Gasteiger partial charge on any atom is 0.227 e. The first-order valence-electron chi connectivity index (χ1n) is 7.90. The summed E-state index contributed by atoms with van der Waals surface area (Å²) in [6.07, 6.45) is 1.43. The van der Waals surface area contributed by atoms with Crippen molar-refractivity contribution in [3.8, 4) is 0 Å². The third-order valence-electron chi connectivity index (χ3n) is 4.53. The van der Waals surface area contributed by atoms with E-state index < -0.39 is 0 Å². The number of nitrogens with zero attached hydrogens (tertiary/aromatic N) is 7. The Bertz CT molecular complexity index is 883. The largest absolute Gasteiger partial charge is 0.352 e. The summed E-state index contributed by atoms with van der Waals surface area (Å²) in [5.74, 6) is 2.24. The Balaban J connectivity index is 1.58. The van der Waals surface area contributed by atoms with Crippen molar-refractivity contribution in [2.75, 3.05) is 36.0 Å². The van der Waals surface area contributed by atoms with Gasteiger partial charge in [0.1, 0.15) is 29.3 Å². The molecule has 1 aliphatic rings. The molecule has 7 nitrogen and oxygen atoms in total. The second-order valence-electron chi connectivity index (χ2n) is 5.91. The Labute approximate surface area is 138 Å². The monoisotopic (exact) mass is 327 g/mol. The van der Waals surface area contributed by atoms with Crippen molar-refractivity contribution < 1.29 is 4.39 Å². The molecule has 2 aromatic heterocycles. The predicted molar refractivity (Wildman–Crippen MR) is 89.7 cm³/mol. The molecule has 0 bridgehead atoms. The number of halogens is 1. The van der Waals surface area contributed by atoms with Gasteiger partial charge in [0.15, 0.2) is 0 Å². The van der Waals surface area contributed by atoms with Crippen molar-refractivity contribution in [1.29, 1.82) is 0 Å². The number of anilines is 2. The van der Waals surface area contributed by atoms with Crippen LogP contribution in [0.3, 0.4) is 0 Å². The Hall–Kier alpha value is -2.77. The quantitative estimate of drug-likeness (QED) is 0.711. The maximum absolute atomic E-state index is 13.9. The van der Waals surface area contributed by atoms with Crippen LogP contribution in [-0.4, -0.2) is 50.9 Å². The maximum atomic E-state index is 13.9. The molecule has 1 aromatic carbocycles. The van der Waals surface area contributed by atoms with Crippen LogP contribution in [0.1, 0.15) is 5.82 Å². The molecule has 0 radical (unpaired) electrons. The van der Waals surface area contributed by atoms with Gasteiger partial charge in [-0.3, -0.25) is 0 Å². The molecule has 0 amide bonds. The van der Waals surface area contributed by atoms with Crippen LogP contribution in [0.5, 0.6) is 0 Å². The molecular weight excluding hydrogens is 309 g/mol. The minimum atomic E-state index is -0.315. The van der Waals surface area contributed by atoms with Gasteiger partial charge in [0, 0.05) is 38.6 Å². The smallest absolute Gasteiger partial charge is 0.227 e. The summed E-state index contributed by atoms with van der Waals surface area (Å²) >= 11 is 0. The van der Waals surface area contributed by atoms with Crippen LogP contribution in [0.25, 0.3) is 10.9 Å². The first-order chi connectivity index (χ1) is 11.6. The van der Waals surface area contributed by atoms with E-state index in [0.717, 1.165) is 49.2 Å². The molecule has 3 heterocycles. The zero-order valence-electron chi connectivity index (χ0n) is 13.6. The lowest BCUT2D eigenvalue weighted by Crippen LogP contribution is -2.47. The normalized spacial score (nSPS) is 15.3. The van der Waals surface area contributed by atoms with Gasteiger partial charge in [0.05, 0.1) is 0 Å². The molecular formula is C16H18FN7. The van der Waals surface area contributed by atoms with Crippen molar-refractivity contribution in [1.82, 2.24) is 24.7 Å². The third-order valence-corrected chi connectivity index (χ3v) is 4.53. The van der Waals surface area contributed by atoms with Gasteiger partial charge in [-0.15, -0.1) is 10.2 Å². The number of aryl methyl sites for hydroxylation is 1. The second kappa shape index (κ2) is 5.70. The summed E-state index contributed by atoms with van der Waals surface area (Å²) in [5, 5.41) is 9.11. The molecule has 24 heavy (non-hydrogen) atoms. The summed E-state index contributed by atoms with van der Waals surface area (Å²) in [4.78, 5) is 12.8. The lowest BCUT2D eigenvalue weighted by atomic mass is 10.2. The highest BCUT2D eigenvalue weighted by Crippen LogP contribution is 2.26. The second-order valence-corrected chi connectivity index (χ2v) is 5.91. The summed E-state index contributed by atoms with van der Waals surface area (Å²) in [7, 11) is 1.97. The van der Waals surface area contributed by atoms with E-state index in [-0.39, 0.29) is 5.82 Å². The lowest BCUT2D eigenvalue weighted by molar-refractivity contribution is 0.623. The molecule has 0 unspecified atom stereocenters. The highest BCUT2D eigenvalue weighted by molar-refractivity contribution is 5.89. The summed E-state index contributed by atoms with van der Waals surface area (Å²) < 4.78 is 15.9. The van der Waals surface area contributed by atoms with Crippen LogP contribution < -0.4 is 9.80 Å². The third kappa shape index (κ3) is 2.34. The van der Waals surface area contributed by atoms with Gasteiger partial charge in [-0.05, 0) is 19.1 Å². The molecule has 0 N–H and O–H groups in total. The van der Waals surface area contributed by atoms with E-state index in [9.17, 15) is 4.39 Å². The molecule has 1 fully saturated rings. The minimum absolute atomic E-state index is 0.315. The Morgan fingerprint density at radius 3 is 2.46 bits per heavy atom. The van der Waals surface area contributed by atoms with Crippen LogP contribution in [0.15, 0.2) is 24.5 Å². The van der Waals surface area contributed by atoms with E-state index in [1.54, 1.807) is 6.07 Å². The molecule has 124 valence electrons. The Morgan fingerprint density at radius 1 is 1.00 bits per heavy atom. The van der Waals surface area contributed by atoms with Crippen molar-refractivity contribution >= 4 is 22.7 Å². The predicted octanol–water partition coefficient (Wildman–Crippen LogP) is 1.53. The number of rotatable bonds is 2. The fraction of sp³-hybridized carbons (Fsp3) is 0.375. The van der Waals surface area contributed by atoms with E-state index in [2.05, 4.69) is 30.0 Å². The van der Waals surface area contributed by atoms with Gasteiger partial charge in [0.25, 0.3) is 0 Å². The standard InChI is InChI=1S/C16H18FN7/c1-11-20-21-16(22(11)2)24-8-6-23(7-9-24)15-12-4-3-5-13(17)14(12)18-10-19-15/h3-5,10H,6-9H2,1-2H3. The summed E-state index contributed by atoms with van der Waals surface area (Å²) in [5.41, 5.74) is 0.369. The minimum Gasteiger partial charge on any atom is -0.352 e. The number of aromatic nitrogens is 5. The first-order valence-corrected chi connectivity index (χ1v) is 7.90. The molecule has 8 heteroatoms. The molecule has 0 atom stereocenters. The van der Waals surface area contributed by atoms with Crippen molar-refractivity contribution in [2.45, 2.75) is 6.92 Å². The van der Waals surface area contributed by atoms with Crippen molar-refractivity contribution in [2.24, 2.45) is 7.05 Å². The molecule has 3 aromatic rings. The van der Waals surface area contributed by atoms with Crippen LogP contribution in [0.4, 0.5) is 16.2 Å². The fourth-order valence-electron chi connectivity index (χ4n) is 3.08. The number of hydrogen-bond acceptors (Lipinski definition) is 6. The van der Waals surface area contributed by atoms with Gasteiger partial charge in [-0.25, -0.2) is 14.4 Å². The number of hydrogen-bond donors (Lipinski definition) is 0. The fourth-order valence-corrected chi connectivity index (χ4v) is 3.08. The van der Waals surface area contributed by atoms with E-state index in [1.165, 1.54) is 12.4 Å². The SMILES string of the molecule is Cc1nnc(N2CCN(c3ncnc4c(F)cccc34)CC2)n1C. The van der Waals surface area contributed by atoms with Gasteiger partial charge < -0.3 is 14.4 Å². The number of fused-ring (bicyclic) bond motifs is 1. The van der Waals surface area contributed by atoms with Crippen LogP contribution in [-0.2, 0) is 7.05 Å². The molecule has 1 saturated heterocycles. The van der Waals surface area contributed by atoms with E-state index in [4.69, 9.17) is 0 Å². The van der Waals surface area contributed by atoms with E-state index in [0.29, 0.717) is 5.52 Å². The van der Waals surface area contributed by atoms with Crippen LogP contribution >= 0.6 is 0 Å². The Kier molecular flexibility index (Phi) is 3.51. The summed E-state index contributed by atoms with van der Waals surface area (Å²) in [6, 6.07) is 4.99. The van der Waals surface area contributed by atoms with E-state index in [1.807, 2.05) is 24.6 Å². The Morgan fingerprint density at radius 2 is 1.75 bits per heavy atom. The van der Waals surface area contributed by atoms with Crippen LogP contribution in [0, 0.1) is 12.7 Å². The average Bonchev–Trinajstić information content (AvgIpc) is 2.94. The molecule has 1 aliphatic heterocycles. The molecule has 4 rings (SSSR count). The number of benzene rings is 1. The first kappa shape index (κ1) is 14.8. The number of para-hydroxylation sites is 1.